The predicted octanol–water partition coefficient (Wildman–Crippen LogP) is 4.44. The first kappa shape index (κ1) is 14.3. The molecule has 0 fully saturated rings. The first-order chi connectivity index (χ1) is 10.2. The largest absolute Gasteiger partial charge is 0.344 e. The van der Waals surface area contributed by atoms with Gasteiger partial charge >= 0.3 is 0 Å². The van der Waals surface area contributed by atoms with Crippen molar-refractivity contribution in [3.05, 3.63) is 36.5 Å². The van der Waals surface area contributed by atoms with Gasteiger partial charge in [-0.05, 0) is 12.1 Å². The van der Waals surface area contributed by atoms with Crippen LogP contribution in [-0.4, -0.2) is 17.6 Å². The van der Waals surface area contributed by atoms with Crippen LogP contribution in [0.25, 0.3) is 21.8 Å². The van der Waals surface area contributed by atoms with Gasteiger partial charge in [0.25, 0.3) is 0 Å². The summed E-state index contributed by atoms with van der Waals surface area (Å²) in [5.41, 5.74) is 2.62. The first-order valence-electron chi connectivity index (χ1n) is 8.00. The molecule has 0 saturated heterocycles. The topological polar surface area (TPSA) is 17.8 Å². The summed E-state index contributed by atoms with van der Waals surface area (Å²) < 4.78 is 2.32. The molecular formula is C18H24N2Si. The highest BCUT2D eigenvalue weighted by Crippen LogP contribution is 2.28. The number of pyridine rings is 1. The number of aromatic nitrogens is 2. The molecule has 21 heavy (non-hydrogen) atoms. The average Bonchev–Trinajstić information content (AvgIpc) is 2.83. The fourth-order valence-corrected chi connectivity index (χ4v) is 7.00. The number of hydrogen-bond acceptors (Lipinski definition) is 1. The number of nitrogens with zero attached hydrogens (tertiary/aromatic N) is 2. The van der Waals surface area contributed by atoms with Crippen molar-refractivity contribution >= 4 is 35.2 Å². The molecule has 3 aromatic rings. The number of fused-ring (bicyclic) bond motifs is 3. The van der Waals surface area contributed by atoms with Crippen LogP contribution in [0.2, 0.25) is 18.1 Å². The molecular weight excluding hydrogens is 272 g/mol. The van der Waals surface area contributed by atoms with E-state index in [1.807, 2.05) is 0 Å². The zero-order valence-electron chi connectivity index (χ0n) is 13.5. The van der Waals surface area contributed by atoms with Gasteiger partial charge in [0.05, 0.1) is 5.52 Å². The van der Waals surface area contributed by atoms with Gasteiger partial charge in [-0.3, -0.25) is 4.98 Å². The summed E-state index contributed by atoms with van der Waals surface area (Å²) in [7, 11) is 0.761. The maximum Gasteiger partial charge on any atom is 0.110 e. The van der Waals surface area contributed by atoms with Crippen LogP contribution in [0.4, 0.5) is 0 Å². The lowest BCUT2D eigenvalue weighted by Gasteiger charge is -2.27. The fourth-order valence-electron chi connectivity index (χ4n) is 3.64. The van der Waals surface area contributed by atoms with Crippen molar-refractivity contribution in [1.82, 2.24) is 9.55 Å². The molecule has 0 aliphatic carbocycles. The van der Waals surface area contributed by atoms with E-state index in [1.54, 1.807) is 0 Å². The third-order valence-corrected chi connectivity index (χ3v) is 10.8. The minimum atomic E-state index is -1.41. The fraction of sp³-hybridized carbons (Fsp3) is 0.389. The summed E-state index contributed by atoms with van der Waals surface area (Å²) >= 11 is 0. The molecule has 0 bridgehead atoms. The SMILES string of the molecule is CC[Si](CC)(CC)c1cc2c(cn1)c1ccccc1n2C. The van der Waals surface area contributed by atoms with Gasteiger partial charge < -0.3 is 4.57 Å². The monoisotopic (exact) mass is 296 g/mol. The smallest absolute Gasteiger partial charge is 0.110 e. The summed E-state index contributed by atoms with van der Waals surface area (Å²) in [5.74, 6) is 0. The van der Waals surface area contributed by atoms with Gasteiger partial charge in [-0.1, -0.05) is 57.1 Å². The van der Waals surface area contributed by atoms with Crippen molar-refractivity contribution < 1.29 is 0 Å². The van der Waals surface area contributed by atoms with Crippen LogP contribution < -0.4 is 5.32 Å². The molecule has 0 aliphatic rings. The molecule has 0 atom stereocenters. The Morgan fingerprint density at radius 1 is 0.952 bits per heavy atom. The molecule has 2 aromatic heterocycles. The third kappa shape index (κ3) is 2.02. The summed E-state index contributed by atoms with van der Waals surface area (Å²) in [6.07, 6.45) is 2.11. The van der Waals surface area contributed by atoms with Crippen molar-refractivity contribution in [2.75, 3.05) is 0 Å². The molecule has 3 rings (SSSR count). The van der Waals surface area contributed by atoms with Gasteiger partial charge in [0, 0.05) is 34.9 Å². The zero-order valence-corrected chi connectivity index (χ0v) is 14.5. The van der Waals surface area contributed by atoms with Crippen LogP contribution in [0.1, 0.15) is 20.8 Å². The van der Waals surface area contributed by atoms with Crippen molar-refractivity contribution in [2.24, 2.45) is 7.05 Å². The summed E-state index contributed by atoms with van der Waals surface area (Å²) in [5, 5.41) is 3.97. The quantitative estimate of drug-likeness (QED) is 0.651. The number of para-hydroxylation sites is 1. The van der Waals surface area contributed by atoms with Gasteiger partial charge in [0.1, 0.15) is 8.07 Å². The molecule has 0 amide bonds. The molecule has 3 heteroatoms. The highest BCUT2D eigenvalue weighted by atomic mass is 28.3. The van der Waals surface area contributed by atoms with Crippen LogP contribution in [0.15, 0.2) is 36.5 Å². The Balaban J connectivity index is 2.30. The Morgan fingerprint density at radius 3 is 2.29 bits per heavy atom. The normalized spacial score (nSPS) is 12.4. The van der Waals surface area contributed by atoms with Gasteiger partial charge in [-0.2, -0.15) is 0 Å². The number of rotatable bonds is 4. The second-order valence-corrected chi connectivity index (χ2v) is 11.2. The van der Waals surface area contributed by atoms with Crippen molar-refractivity contribution in [1.29, 1.82) is 0 Å². The Kier molecular flexibility index (Phi) is 3.62. The second kappa shape index (κ2) is 5.30. The molecule has 1 aromatic carbocycles. The third-order valence-electron chi connectivity index (χ3n) is 5.37. The lowest BCUT2D eigenvalue weighted by atomic mass is 10.2. The summed E-state index contributed by atoms with van der Waals surface area (Å²) in [4.78, 5) is 4.90. The molecule has 0 unspecified atom stereocenters. The van der Waals surface area contributed by atoms with E-state index < -0.39 is 8.07 Å². The van der Waals surface area contributed by atoms with Crippen LogP contribution in [0.3, 0.4) is 0 Å². The van der Waals surface area contributed by atoms with Crippen molar-refractivity contribution in [3.8, 4) is 0 Å². The Hall–Kier alpha value is -1.61. The summed E-state index contributed by atoms with van der Waals surface area (Å²) in [6.45, 7) is 7.02. The first-order valence-corrected chi connectivity index (χ1v) is 10.6. The molecule has 110 valence electrons. The van der Waals surface area contributed by atoms with Crippen LogP contribution in [0.5, 0.6) is 0 Å². The number of hydrogen-bond donors (Lipinski definition) is 0. The Labute approximate surface area is 127 Å². The minimum Gasteiger partial charge on any atom is -0.344 e. The molecule has 0 aliphatic heterocycles. The standard InChI is InChI=1S/C18H24N2Si/c1-5-21(6-2,7-3)18-12-17-15(13-19-18)14-10-8-9-11-16(14)20(17)4/h8-13H,5-7H2,1-4H3. The van der Waals surface area contributed by atoms with E-state index >= 15 is 0 Å². The predicted molar refractivity (Wildman–Crippen MR) is 95.1 cm³/mol. The number of aryl methyl sites for hydroxylation is 1. The van der Waals surface area contributed by atoms with Gasteiger partial charge in [0.15, 0.2) is 0 Å². The maximum atomic E-state index is 4.90. The molecule has 0 spiro atoms. The zero-order chi connectivity index (χ0) is 15.0. The number of benzene rings is 1. The van der Waals surface area contributed by atoms with E-state index in [0.29, 0.717) is 0 Å². The van der Waals surface area contributed by atoms with E-state index in [4.69, 9.17) is 4.98 Å². The van der Waals surface area contributed by atoms with Crippen molar-refractivity contribution in [3.63, 3.8) is 0 Å². The van der Waals surface area contributed by atoms with Gasteiger partial charge in [0.2, 0.25) is 0 Å². The minimum absolute atomic E-state index is 1.28. The highest BCUT2D eigenvalue weighted by Gasteiger charge is 2.31. The molecule has 0 N–H and O–H groups in total. The van der Waals surface area contributed by atoms with Gasteiger partial charge in [-0.15, -0.1) is 0 Å². The van der Waals surface area contributed by atoms with E-state index in [9.17, 15) is 0 Å². The van der Waals surface area contributed by atoms with Gasteiger partial charge in [-0.25, -0.2) is 0 Å². The van der Waals surface area contributed by atoms with Crippen LogP contribution in [-0.2, 0) is 7.05 Å². The molecule has 0 radical (unpaired) electrons. The lowest BCUT2D eigenvalue weighted by molar-refractivity contribution is 1.01. The molecule has 2 heterocycles. The van der Waals surface area contributed by atoms with E-state index in [1.165, 1.54) is 45.3 Å². The van der Waals surface area contributed by atoms with Crippen LogP contribution in [0, 0.1) is 0 Å². The van der Waals surface area contributed by atoms with Crippen molar-refractivity contribution in [2.45, 2.75) is 38.9 Å². The Bertz CT molecular complexity index is 776. The lowest BCUT2D eigenvalue weighted by Crippen LogP contribution is -2.47. The van der Waals surface area contributed by atoms with Crippen LogP contribution >= 0.6 is 0 Å². The highest BCUT2D eigenvalue weighted by molar-refractivity contribution is 6.91. The maximum absolute atomic E-state index is 4.90. The molecule has 2 nitrogen and oxygen atoms in total. The Morgan fingerprint density at radius 2 is 1.62 bits per heavy atom. The van der Waals surface area contributed by atoms with E-state index in [-0.39, 0.29) is 0 Å². The molecule has 0 saturated carbocycles. The summed E-state index contributed by atoms with van der Waals surface area (Å²) in [6, 6.07) is 14.8. The second-order valence-electron chi connectivity index (χ2n) is 6.00. The average molecular weight is 296 g/mol. The van der Waals surface area contributed by atoms with E-state index in [2.05, 4.69) is 68.9 Å². The van der Waals surface area contributed by atoms with E-state index in [0.717, 1.165) is 0 Å².